The van der Waals surface area contributed by atoms with Crippen LogP contribution in [0, 0.1) is 5.92 Å². The number of rotatable bonds is 5. The van der Waals surface area contributed by atoms with Crippen molar-refractivity contribution in [2.24, 2.45) is 5.92 Å². The van der Waals surface area contributed by atoms with Gasteiger partial charge in [-0.1, -0.05) is 18.2 Å². The minimum absolute atomic E-state index is 0.0441. The van der Waals surface area contributed by atoms with Gasteiger partial charge in [0.05, 0.1) is 13.0 Å². The molecule has 2 amide bonds. The van der Waals surface area contributed by atoms with Crippen molar-refractivity contribution in [1.29, 1.82) is 0 Å². The minimum Gasteiger partial charge on any atom is -0.496 e. The number of para-hydroxylation sites is 1. The Hall–Kier alpha value is -2.04. The van der Waals surface area contributed by atoms with Crippen LogP contribution in [-0.4, -0.2) is 36.4 Å². The molecule has 5 nitrogen and oxygen atoms in total. The number of ether oxygens (including phenoxy) is 1. The van der Waals surface area contributed by atoms with Crippen LogP contribution < -0.4 is 10.1 Å². The lowest BCUT2D eigenvalue weighted by Gasteiger charge is -2.15. The monoisotopic (exact) mass is 288 g/mol. The Bertz CT molecular complexity index is 554. The first kappa shape index (κ1) is 13.9. The zero-order valence-corrected chi connectivity index (χ0v) is 12.2. The minimum atomic E-state index is -0.215. The van der Waals surface area contributed by atoms with E-state index >= 15 is 0 Å². The molecule has 0 spiro atoms. The van der Waals surface area contributed by atoms with E-state index in [-0.39, 0.29) is 17.7 Å². The Morgan fingerprint density at radius 2 is 2.14 bits per heavy atom. The smallest absolute Gasteiger partial charge is 0.225 e. The lowest BCUT2D eigenvalue weighted by Crippen LogP contribution is -2.33. The molecule has 1 aromatic rings. The fourth-order valence-corrected chi connectivity index (χ4v) is 2.82. The Kier molecular flexibility index (Phi) is 3.82. The number of carbonyl (C=O) groups excluding carboxylic acids is 2. The largest absolute Gasteiger partial charge is 0.496 e. The highest BCUT2D eigenvalue weighted by Gasteiger charge is 2.41. The molecule has 1 atom stereocenters. The third-order valence-corrected chi connectivity index (χ3v) is 4.16. The van der Waals surface area contributed by atoms with Crippen LogP contribution in [0.1, 0.15) is 24.8 Å². The molecule has 21 heavy (non-hydrogen) atoms. The molecule has 5 heteroatoms. The van der Waals surface area contributed by atoms with Crippen molar-refractivity contribution >= 4 is 11.8 Å². The third-order valence-electron chi connectivity index (χ3n) is 4.16. The van der Waals surface area contributed by atoms with Gasteiger partial charge in [0.15, 0.2) is 0 Å². The third kappa shape index (κ3) is 3.01. The summed E-state index contributed by atoms with van der Waals surface area (Å²) in [6, 6.07) is 8.00. The summed E-state index contributed by atoms with van der Waals surface area (Å²) in [6.07, 6.45) is 2.51. The van der Waals surface area contributed by atoms with E-state index in [1.54, 1.807) is 7.11 Å². The fourth-order valence-electron chi connectivity index (χ4n) is 2.82. The summed E-state index contributed by atoms with van der Waals surface area (Å²) in [5, 5.41) is 2.92. The molecule has 0 aromatic heterocycles. The predicted molar refractivity (Wildman–Crippen MR) is 77.7 cm³/mol. The van der Waals surface area contributed by atoms with Crippen molar-refractivity contribution < 1.29 is 14.3 Å². The number of nitrogens with zero attached hydrogens (tertiary/aromatic N) is 1. The average molecular weight is 288 g/mol. The first-order valence-electron chi connectivity index (χ1n) is 7.38. The SMILES string of the molecule is COc1ccccc1CNC(=O)[C@H]1CC(=O)N(C2CC2)C1. The number of carbonyl (C=O) groups is 2. The van der Waals surface area contributed by atoms with Crippen molar-refractivity contribution in [1.82, 2.24) is 10.2 Å². The molecule has 3 rings (SSSR count). The summed E-state index contributed by atoms with van der Waals surface area (Å²) in [4.78, 5) is 26.0. The van der Waals surface area contributed by atoms with Crippen LogP contribution in [0.15, 0.2) is 24.3 Å². The average Bonchev–Trinajstić information content (AvgIpc) is 3.27. The van der Waals surface area contributed by atoms with Gasteiger partial charge in [-0.2, -0.15) is 0 Å². The van der Waals surface area contributed by atoms with Crippen molar-refractivity contribution in [2.75, 3.05) is 13.7 Å². The van der Waals surface area contributed by atoms with E-state index in [0.29, 0.717) is 25.6 Å². The van der Waals surface area contributed by atoms with E-state index in [1.807, 2.05) is 29.2 Å². The van der Waals surface area contributed by atoms with Gasteiger partial charge in [-0.3, -0.25) is 9.59 Å². The number of likely N-dealkylation sites (tertiary alicyclic amines) is 1. The van der Waals surface area contributed by atoms with Crippen LogP contribution in [0.25, 0.3) is 0 Å². The Balaban J connectivity index is 1.56. The highest BCUT2D eigenvalue weighted by atomic mass is 16.5. The number of amides is 2. The quantitative estimate of drug-likeness (QED) is 0.889. The van der Waals surface area contributed by atoms with Crippen LogP contribution >= 0.6 is 0 Å². The maximum absolute atomic E-state index is 12.2. The van der Waals surface area contributed by atoms with E-state index in [1.165, 1.54) is 0 Å². The molecular weight excluding hydrogens is 268 g/mol. The highest BCUT2D eigenvalue weighted by Crippen LogP contribution is 2.32. The fraction of sp³-hybridized carbons (Fsp3) is 0.500. The summed E-state index contributed by atoms with van der Waals surface area (Å²) >= 11 is 0. The van der Waals surface area contributed by atoms with Gasteiger partial charge in [0.2, 0.25) is 11.8 Å². The first-order valence-corrected chi connectivity index (χ1v) is 7.38. The highest BCUT2D eigenvalue weighted by molar-refractivity contribution is 5.89. The molecule has 0 bridgehead atoms. The second-order valence-corrected chi connectivity index (χ2v) is 5.71. The van der Waals surface area contributed by atoms with Crippen molar-refractivity contribution in [3.63, 3.8) is 0 Å². The van der Waals surface area contributed by atoms with E-state index in [0.717, 1.165) is 24.2 Å². The van der Waals surface area contributed by atoms with E-state index < -0.39 is 0 Å². The lowest BCUT2D eigenvalue weighted by atomic mass is 10.1. The second kappa shape index (κ2) is 5.76. The van der Waals surface area contributed by atoms with E-state index in [2.05, 4.69) is 5.32 Å². The normalized spacial score (nSPS) is 21.5. The summed E-state index contributed by atoms with van der Waals surface area (Å²) < 4.78 is 5.26. The molecule has 1 saturated carbocycles. The van der Waals surface area contributed by atoms with Gasteiger partial charge in [0, 0.05) is 31.1 Å². The standard InChI is InChI=1S/C16H20N2O3/c1-21-14-5-3-2-4-11(14)9-17-16(20)12-8-15(19)18(10-12)13-6-7-13/h2-5,12-13H,6-10H2,1H3,(H,17,20)/t12-/m0/s1. The number of nitrogens with one attached hydrogen (secondary N) is 1. The van der Waals surface area contributed by atoms with Gasteiger partial charge in [0.25, 0.3) is 0 Å². The van der Waals surface area contributed by atoms with Gasteiger partial charge < -0.3 is 15.0 Å². The molecule has 1 N–H and O–H groups in total. The van der Waals surface area contributed by atoms with Crippen LogP contribution in [0.5, 0.6) is 5.75 Å². The molecule has 1 aliphatic heterocycles. The molecule has 1 aromatic carbocycles. The Labute approximate surface area is 124 Å². The topological polar surface area (TPSA) is 58.6 Å². The molecule has 2 fully saturated rings. The van der Waals surface area contributed by atoms with Gasteiger partial charge in [-0.15, -0.1) is 0 Å². The zero-order chi connectivity index (χ0) is 14.8. The zero-order valence-electron chi connectivity index (χ0n) is 12.2. The maximum atomic E-state index is 12.2. The molecule has 0 radical (unpaired) electrons. The molecule has 2 aliphatic rings. The molecule has 1 aliphatic carbocycles. The molecule has 1 saturated heterocycles. The Morgan fingerprint density at radius 1 is 1.38 bits per heavy atom. The summed E-state index contributed by atoms with van der Waals surface area (Å²) in [5.41, 5.74) is 0.941. The Morgan fingerprint density at radius 3 is 2.86 bits per heavy atom. The molecule has 1 heterocycles. The van der Waals surface area contributed by atoms with Crippen LogP contribution in [0.2, 0.25) is 0 Å². The van der Waals surface area contributed by atoms with Gasteiger partial charge in [-0.05, 0) is 18.9 Å². The summed E-state index contributed by atoms with van der Waals surface area (Å²) in [7, 11) is 1.61. The lowest BCUT2D eigenvalue weighted by molar-refractivity contribution is -0.129. The molecule has 0 unspecified atom stereocenters. The second-order valence-electron chi connectivity index (χ2n) is 5.71. The number of methoxy groups -OCH3 is 1. The van der Waals surface area contributed by atoms with Crippen molar-refractivity contribution in [2.45, 2.75) is 31.8 Å². The summed E-state index contributed by atoms with van der Waals surface area (Å²) in [6.45, 7) is 0.998. The first-order chi connectivity index (χ1) is 10.2. The summed E-state index contributed by atoms with van der Waals surface area (Å²) in [5.74, 6) is 0.625. The molecular formula is C16H20N2O3. The number of benzene rings is 1. The van der Waals surface area contributed by atoms with Gasteiger partial charge in [0.1, 0.15) is 5.75 Å². The van der Waals surface area contributed by atoms with Crippen molar-refractivity contribution in [3.05, 3.63) is 29.8 Å². The van der Waals surface area contributed by atoms with E-state index in [9.17, 15) is 9.59 Å². The van der Waals surface area contributed by atoms with Crippen LogP contribution in [0.3, 0.4) is 0 Å². The number of hydrogen-bond acceptors (Lipinski definition) is 3. The van der Waals surface area contributed by atoms with Gasteiger partial charge >= 0.3 is 0 Å². The molecule has 112 valence electrons. The predicted octanol–water partition coefficient (Wildman–Crippen LogP) is 1.32. The van der Waals surface area contributed by atoms with E-state index in [4.69, 9.17) is 4.74 Å². The van der Waals surface area contributed by atoms with Crippen molar-refractivity contribution in [3.8, 4) is 5.75 Å². The number of hydrogen-bond donors (Lipinski definition) is 1. The van der Waals surface area contributed by atoms with Crippen LogP contribution in [0.4, 0.5) is 0 Å². The van der Waals surface area contributed by atoms with Crippen LogP contribution in [-0.2, 0) is 16.1 Å². The maximum Gasteiger partial charge on any atom is 0.225 e. The van der Waals surface area contributed by atoms with Gasteiger partial charge in [-0.25, -0.2) is 0 Å².